The summed E-state index contributed by atoms with van der Waals surface area (Å²) in [7, 11) is 1.91. The van der Waals surface area contributed by atoms with Crippen molar-refractivity contribution in [1.82, 2.24) is 0 Å². The highest BCUT2D eigenvalue weighted by molar-refractivity contribution is 5.30. The zero-order valence-corrected chi connectivity index (χ0v) is 24.1. The van der Waals surface area contributed by atoms with Crippen LogP contribution in [-0.4, -0.2) is 23.9 Å². The Morgan fingerprint density at radius 1 is 0.853 bits per heavy atom. The number of rotatable bonds is 6. The number of fused-ring (bicyclic) bond motifs is 2. The van der Waals surface area contributed by atoms with Crippen molar-refractivity contribution in [1.29, 1.82) is 0 Å². The van der Waals surface area contributed by atoms with E-state index in [2.05, 4.69) is 55.4 Å². The fourth-order valence-electron chi connectivity index (χ4n) is 11.6. The lowest BCUT2D eigenvalue weighted by molar-refractivity contribution is -0.162. The molecule has 196 valence electrons. The van der Waals surface area contributed by atoms with Crippen molar-refractivity contribution in [2.24, 2.45) is 56.7 Å². The molecule has 5 saturated carbocycles. The molecule has 1 N–H and O–H groups in total. The minimum atomic E-state index is -0.0953. The van der Waals surface area contributed by atoms with Crippen molar-refractivity contribution in [3.05, 3.63) is 0 Å². The van der Waals surface area contributed by atoms with E-state index in [4.69, 9.17) is 4.74 Å². The van der Waals surface area contributed by atoms with Gasteiger partial charge in [0.25, 0.3) is 0 Å². The normalized spacial score (nSPS) is 51.6. The Hall–Kier alpha value is -0.0800. The highest BCUT2D eigenvalue weighted by atomic mass is 16.5. The molecule has 0 saturated heterocycles. The van der Waals surface area contributed by atoms with E-state index in [0.717, 1.165) is 30.1 Å². The predicted molar refractivity (Wildman–Crippen MR) is 142 cm³/mol. The van der Waals surface area contributed by atoms with Crippen LogP contribution in [0.3, 0.4) is 0 Å². The first-order valence-corrected chi connectivity index (χ1v) is 15.0. The fraction of sp³-hybridized carbons (Fsp3) is 1.00. The number of ether oxygens (including phenoxy) is 1. The van der Waals surface area contributed by atoms with E-state index in [1.807, 2.05) is 7.11 Å². The van der Waals surface area contributed by atoms with E-state index in [9.17, 15) is 5.11 Å². The second-order valence-corrected chi connectivity index (χ2v) is 15.7. The Balaban J connectivity index is 1.37. The monoisotopic (exact) mass is 472 g/mol. The van der Waals surface area contributed by atoms with Crippen molar-refractivity contribution in [3.63, 3.8) is 0 Å². The Kier molecular flexibility index (Phi) is 5.80. The molecule has 10 unspecified atom stereocenters. The average Bonchev–Trinajstić information content (AvgIpc) is 3.37. The topological polar surface area (TPSA) is 29.5 Å². The van der Waals surface area contributed by atoms with E-state index in [1.165, 1.54) is 64.2 Å². The molecule has 5 aliphatic rings. The van der Waals surface area contributed by atoms with Gasteiger partial charge in [-0.1, -0.05) is 48.5 Å². The smallest absolute Gasteiger partial charge is 0.0673 e. The Morgan fingerprint density at radius 3 is 2.15 bits per heavy atom. The summed E-state index contributed by atoms with van der Waals surface area (Å²) in [5.74, 6) is 3.86. The third-order valence-corrected chi connectivity index (χ3v) is 14.6. The quantitative estimate of drug-likeness (QED) is 0.421. The van der Waals surface area contributed by atoms with E-state index in [-0.39, 0.29) is 17.1 Å². The van der Waals surface area contributed by atoms with Crippen LogP contribution in [0.2, 0.25) is 0 Å². The summed E-state index contributed by atoms with van der Waals surface area (Å²) < 4.78 is 6.01. The molecule has 0 heterocycles. The van der Waals surface area contributed by atoms with Crippen LogP contribution in [0.4, 0.5) is 0 Å². The molecule has 0 aromatic rings. The van der Waals surface area contributed by atoms with Crippen LogP contribution in [0.1, 0.15) is 126 Å². The lowest BCUT2D eigenvalue weighted by atomic mass is 9.41. The minimum absolute atomic E-state index is 0.00478. The average molecular weight is 473 g/mol. The molecule has 0 radical (unpaired) electrons. The minimum Gasteiger partial charge on any atom is -0.393 e. The summed E-state index contributed by atoms with van der Waals surface area (Å²) in [5, 5.41) is 10.9. The van der Waals surface area contributed by atoms with Crippen LogP contribution < -0.4 is 0 Å². The van der Waals surface area contributed by atoms with Crippen LogP contribution in [0.5, 0.6) is 0 Å². The van der Waals surface area contributed by atoms with Gasteiger partial charge in [-0.05, 0) is 134 Å². The van der Waals surface area contributed by atoms with Gasteiger partial charge in [0, 0.05) is 7.11 Å². The third kappa shape index (κ3) is 3.00. The van der Waals surface area contributed by atoms with Gasteiger partial charge in [0.15, 0.2) is 0 Å². The number of aliphatic hydroxyl groups excluding tert-OH is 1. The third-order valence-electron chi connectivity index (χ3n) is 14.6. The Morgan fingerprint density at radius 2 is 1.50 bits per heavy atom. The summed E-state index contributed by atoms with van der Waals surface area (Å²) >= 11 is 0. The molecule has 0 bridgehead atoms. The van der Waals surface area contributed by atoms with Gasteiger partial charge in [-0.15, -0.1) is 0 Å². The number of methoxy groups -OCH3 is 1. The van der Waals surface area contributed by atoms with Crippen molar-refractivity contribution < 1.29 is 9.84 Å². The molecule has 0 aromatic carbocycles. The summed E-state index contributed by atoms with van der Waals surface area (Å²) in [6, 6.07) is 0. The molecular formula is C32H56O2. The zero-order chi connectivity index (χ0) is 24.9. The Labute approximate surface area is 211 Å². The molecule has 5 fully saturated rings. The molecule has 10 atom stereocenters. The van der Waals surface area contributed by atoms with Crippen LogP contribution in [0.25, 0.3) is 0 Å². The summed E-state index contributed by atoms with van der Waals surface area (Å²) in [4.78, 5) is 0. The lowest BCUT2D eigenvalue weighted by Gasteiger charge is -2.63. The van der Waals surface area contributed by atoms with Crippen LogP contribution in [-0.2, 0) is 4.74 Å². The molecule has 5 rings (SSSR count). The van der Waals surface area contributed by atoms with E-state index in [1.54, 1.807) is 0 Å². The maximum atomic E-state index is 10.9. The molecule has 2 spiro atoms. The summed E-state index contributed by atoms with van der Waals surface area (Å²) in [5.41, 5.74) is 2.26. The molecule has 0 aliphatic heterocycles. The molecular weight excluding hydrogens is 416 g/mol. The van der Waals surface area contributed by atoms with Crippen LogP contribution in [0.15, 0.2) is 0 Å². The van der Waals surface area contributed by atoms with Gasteiger partial charge in [-0.25, -0.2) is 0 Å². The SMILES string of the molecule is COC(C)(CCC(C)C1CCC2(C)C3CCC4C(C)(C)C(O)CCC45CC35CCC12C)C(C)C. The first kappa shape index (κ1) is 25.6. The van der Waals surface area contributed by atoms with E-state index in [0.29, 0.717) is 27.6 Å². The van der Waals surface area contributed by atoms with E-state index >= 15 is 0 Å². The van der Waals surface area contributed by atoms with E-state index < -0.39 is 0 Å². The van der Waals surface area contributed by atoms with Gasteiger partial charge < -0.3 is 9.84 Å². The number of hydrogen-bond donors (Lipinski definition) is 1. The van der Waals surface area contributed by atoms with Crippen molar-refractivity contribution in [2.45, 2.75) is 138 Å². The van der Waals surface area contributed by atoms with Crippen molar-refractivity contribution >= 4 is 0 Å². The largest absolute Gasteiger partial charge is 0.393 e. The molecule has 0 aromatic heterocycles. The second-order valence-electron chi connectivity index (χ2n) is 15.7. The summed E-state index contributed by atoms with van der Waals surface area (Å²) in [6.07, 6.45) is 14.8. The maximum Gasteiger partial charge on any atom is 0.0673 e. The zero-order valence-electron chi connectivity index (χ0n) is 24.1. The standard InChI is InChI=1S/C32H56O2/c1-21(2)30(8,34-9)16-12-22(3)23-13-15-29(7)25-11-10-24-27(4,5)26(33)14-17-31(24)20-32(25,31)19-18-28(23,29)6/h21-26,33H,10-20H2,1-9H3. The van der Waals surface area contributed by atoms with Gasteiger partial charge in [0.05, 0.1) is 11.7 Å². The van der Waals surface area contributed by atoms with Gasteiger partial charge in [0.2, 0.25) is 0 Å². The van der Waals surface area contributed by atoms with Crippen LogP contribution in [0, 0.1) is 56.7 Å². The van der Waals surface area contributed by atoms with Gasteiger partial charge in [-0.3, -0.25) is 0 Å². The molecule has 0 amide bonds. The first-order chi connectivity index (χ1) is 15.7. The molecule has 2 heteroatoms. The predicted octanol–water partition coefficient (Wildman–Crippen LogP) is 8.26. The number of aliphatic hydroxyl groups is 1. The highest BCUT2D eigenvalue weighted by Gasteiger charge is 2.82. The second kappa shape index (κ2) is 7.72. The molecule has 5 aliphatic carbocycles. The lowest BCUT2D eigenvalue weighted by Crippen LogP contribution is -2.57. The van der Waals surface area contributed by atoms with Gasteiger partial charge >= 0.3 is 0 Å². The fourth-order valence-corrected chi connectivity index (χ4v) is 11.6. The van der Waals surface area contributed by atoms with Gasteiger partial charge in [-0.2, -0.15) is 0 Å². The van der Waals surface area contributed by atoms with Crippen molar-refractivity contribution in [2.75, 3.05) is 7.11 Å². The Bertz CT molecular complexity index is 803. The van der Waals surface area contributed by atoms with Gasteiger partial charge in [0.1, 0.15) is 0 Å². The first-order valence-electron chi connectivity index (χ1n) is 15.0. The molecule has 2 nitrogen and oxygen atoms in total. The maximum absolute atomic E-state index is 10.9. The number of hydrogen-bond acceptors (Lipinski definition) is 2. The summed E-state index contributed by atoms with van der Waals surface area (Å²) in [6.45, 7) is 19.8. The van der Waals surface area contributed by atoms with Crippen LogP contribution >= 0.6 is 0 Å². The highest BCUT2D eigenvalue weighted by Crippen LogP contribution is 2.89. The molecule has 34 heavy (non-hydrogen) atoms. The van der Waals surface area contributed by atoms with Crippen molar-refractivity contribution in [3.8, 4) is 0 Å².